The van der Waals surface area contributed by atoms with Crippen molar-refractivity contribution in [1.82, 2.24) is 14.6 Å². The van der Waals surface area contributed by atoms with E-state index in [9.17, 15) is 4.79 Å². The molecule has 2 heterocycles. The molecule has 0 aliphatic rings. The van der Waals surface area contributed by atoms with Crippen LogP contribution < -0.4 is 5.56 Å². The van der Waals surface area contributed by atoms with Crippen molar-refractivity contribution < 1.29 is 0 Å². The van der Waals surface area contributed by atoms with E-state index in [4.69, 9.17) is 5.26 Å². The number of hydrogen-bond donors (Lipinski definition) is 1. The predicted molar refractivity (Wildman–Crippen MR) is 70.7 cm³/mol. The van der Waals surface area contributed by atoms with Crippen molar-refractivity contribution in [2.45, 2.75) is 6.92 Å². The summed E-state index contributed by atoms with van der Waals surface area (Å²) in [6.45, 7) is 1.82. The summed E-state index contributed by atoms with van der Waals surface area (Å²) in [6.07, 6.45) is 1.39. The van der Waals surface area contributed by atoms with Gasteiger partial charge in [-0.15, -0.1) is 0 Å². The summed E-state index contributed by atoms with van der Waals surface area (Å²) in [4.78, 5) is 15.5. The lowest BCUT2D eigenvalue weighted by Gasteiger charge is -2.06. The summed E-state index contributed by atoms with van der Waals surface area (Å²) in [5.41, 5.74) is 2.70. The molecule has 0 aliphatic heterocycles. The van der Waals surface area contributed by atoms with Gasteiger partial charge in [0.15, 0.2) is 5.65 Å². The van der Waals surface area contributed by atoms with Crippen molar-refractivity contribution in [1.29, 1.82) is 5.26 Å². The lowest BCUT2D eigenvalue weighted by atomic mass is 10.1. The normalized spacial score (nSPS) is 10.5. The van der Waals surface area contributed by atoms with Crippen LogP contribution in [0, 0.1) is 18.3 Å². The molecule has 2 aromatic heterocycles. The Morgan fingerprint density at radius 1 is 1.32 bits per heavy atom. The van der Waals surface area contributed by atoms with Crippen molar-refractivity contribution in [3.8, 4) is 17.2 Å². The van der Waals surface area contributed by atoms with Crippen molar-refractivity contribution in [2.75, 3.05) is 0 Å². The Hall–Kier alpha value is -2.87. The molecule has 0 aliphatic carbocycles. The summed E-state index contributed by atoms with van der Waals surface area (Å²) in [7, 11) is 0. The van der Waals surface area contributed by atoms with E-state index in [0.29, 0.717) is 16.8 Å². The third-order valence-electron chi connectivity index (χ3n) is 3.04. The third-order valence-corrected chi connectivity index (χ3v) is 3.04. The average molecular weight is 250 g/mol. The number of hydrogen-bond acceptors (Lipinski definition) is 3. The highest BCUT2D eigenvalue weighted by Gasteiger charge is 2.14. The Kier molecular flexibility index (Phi) is 2.43. The lowest BCUT2D eigenvalue weighted by molar-refractivity contribution is 0.893. The van der Waals surface area contributed by atoms with E-state index >= 15 is 0 Å². The minimum atomic E-state index is -0.223. The van der Waals surface area contributed by atoms with E-state index < -0.39 is 0 Å². The molecule has 1 N–H and O–H groups in total. The highest BCUT2D eigenvalue weighted by atomic mass is 16.1. The molecule has 0 radical (unpaired) electrons. The number of aromatic nitrogens is 3. The zero-order valence-electron chi connectivity index (χ0n) is 10.2. The van der Waals surface area contributed by atoms with Crippen LogP contribution in [0.3, 0.4) is 0 Å². The Bertz CT molecular complexity index is 853. The van der Waals surface area contributed by atoms with Gasteiger partial charge in [0.2, 0.25) is 0 Å². The Labute approximate surface area is 108 Å². The number of aromatic amines is 1. The van der Waals surface area contributed by atoms with Gasteiger partial charge < -0.3 is 4.98 Å². The van der Waals surface area contributed by atoms with E-state index in [0.717, 1.165) is 11.3 Å². The quantitative estimate of drug-likeness (QED) is 0.716. The average Bonchev–Trinajstić information content (AvgIpc) is 2.83. The van der Waals surface area contributed by atoms with E-state index in [-0.39, 0.29) is 5.56 Å². The van der Waals surface area contributed by atoms with Crippen LogP contribution in [-0.4, -0.2) is 14.6 Å². The van der Waals surface area contributed by atoms with Crippen LogP contribution in [0.2, 0.25) is 0 Å². The Balaban J connectivity index is 2.40. The minimum Gasteiger partial charge on any atom is -0.342 e. The largest absolute Gasteiger partial charge is 0.342 e. The van der Waals surface area contributed by atoms with Gasteiger partial charge in [0.1, 0.15) is 11.6 Å². The molecule has 0 fully saturated rings. The van der Waals surface area contributed by atoms with Crippen LogP contribution in [0.25, 0.3) is 16.8 Å². The zero-order valence-corrected chi connectivity index (χ0v) is 10.2. The summed E-state index contributed by atoms with van der Waals surface area (Å²) in [5.74, 6) is 0. The molecule has 0 bridgehead atoms. The first-order chi connectivity index (χ1) is 9.22. The van der Waals surface area contributed by atoms with E-state index in [2.05, 4.69) is 10.1 Å². The molecule has 0 unspecified atom stereocenters. The van der Waals surface area contributed by atoms with Crippen molar-refractivity contribution in [3.63, 3.8) is 0 Å². The molecule has 0 saturated carbocycles. The molecule has 5 heteroatoms. The number of aryl methyl sites for hydroxylation is 1. The Morgan fingerprint density at radius 3 is 2.74 bits per heavy atom. The summed E-state index contributed by atoms with van der Waals surface area (Å²) >= 11 is 0. The van der Waals surface area contributed by atoms with Gasteiger partial charge in [0.05, 0.1) is 11.8 Å². The monoisotopic (exact) mass is 250 g/mol. The fourth-order valence-corrected chi connectivity index (χ4v) is 2.16. The van der Waals surface area contributed by atoms with Gasteiger partial charge in [-0.1, -0.05) is 30.3 Å². The number of nitrogens with zero attached hydrogens (tertiary/aromatic N) is 3. The molecule has 5 nitrogen and oxygen atoms in total. The maximum Gasteiger partial charge on any atom is 0.282 e. The molecule has 0 amide bonds. The molecule has 0 atom stereocenters. The van der Waals surface area contributed by atoms with Crippen LogP contribution >= 0.6 is 0 Å². The minimum absolute atomic E-state index is 0.223. The number of benzene rings is 1. The highest BCUT2D eigenvalue weighted by Crippen LogP contribution is 2.19. The molecule has 3 rings (SSSR count). The van der Waals surface area contributed by atoms with Gasteiger partial charge >= 0.3 is 0 Å². The van der Waals surface area contributed by atoms with Gasteiger partial charge in [0.25, 0.3) is 5.56 Å². The van der Waals surface area contributed by atoms with Gasteiger partial charge in [-0.2, -0.15) is 14.9 Å². The fourth-order valence-electron chi connectivity index (χ4n) is 2.16. The molecular formula is C14H10N4O. The smallest absolute Gasteiger partial charge is 0.282 e. The first-order valence-electron chi connectivity index (χ1n) is 5.78. The molecule has 19 heavy (non-hydrogen) atoms. The van der Waals surface area contributed by atoms with E-state index in [1.54, 1.807) is 0 Å². The third kappa shape index (κ3) is 1.62. The topological polar surface area (TPSA) is 73.9 Å². The van der Waals surface area contributed by atoms with Gasteiger partial charge in [-0.05, 0) is 12.5 Å². The summed E-state index contributed by atoms with van der Waals surface area (Å²) < 4.78 is 1.23. The molecule has 1 aromatic carbocycles. The SMILES string of the molecule is Cc1[nH]c2c(C#N)cnn2c(=O)c1-c1ccccc1. The van der Waals surface area contributed by atoms with Gasteiger partial charge in [-0.25, -0.2) is 0 Å². The van der Waals surface area contributed by atoms with Crippen LogP contribution in [0.4, 0.5) is 0 Å². The maximum absolute atomic E-state index is 12.5. The standard InChI is InChI=1S/C14H10N4O/c1-9-12(10-5-3-2-4-6-10)14(19)18-13(17-9)11(7-15)8-16-18/h2-6,8,17H,1H3. The van der Waals surface area contributed by atoms with Crippen molar-refractivity contribution in [3.05, 3.63) is 58.1 Å². The number of H-pyrrole nitrogens is 1. The van der Waals surface area contributed by atoms with Crippen LogP contribution in [-0.2, 0) is 0 Å². The van der Waals surface area contributed by atoms with Crippen molar-refractivity contribution in [2.24, 2.45) is 0 Å². The van der Waals surface area contributed by atoms with Gasteiger partial charge in [0, 0.05) is 5.69 Å². The second-order valence-electron chi connectivity index (χ2n) is 4.23. The Morgan fingerprint density at radius 2 is 2.05 bits per heavy atom. The van der Waals surface area contributed by atoms with Crippen LogP contribution in [0.1, 0.15) is 11.3 Å². The van der Waals surface area contributed by atoms with Gasteiger partial charge in [-0.3, -0.25) is 4.79 Å². The molecule has 92 valence electrons. The second kappa shape index (κ2) is 4.10. The molecular weight excluding hydrogens is 240 g/mol. The van der Waals surface area contributed by atoms with Crippen molar-refractivity contribution >= 4 is 5.65 Å². The molecule has 3 aromatic rings. The second-order valence-corrected chi connectivity index (χ2v) is 4.23. The summed E-state index contributed by atoms with van der Waals surface area (Å²) in [5, 5.41) is 12.9. The maximum atomic E-state index is 12.5. The summed E-state index contributed by atoms with van der Waals surface area (Å²) in [6, 6.07) is 11.4. The number of nitriles is 1. The first kappa shape index (κ1) is 11.2. The number of fused-ring (bicyclic) bond motifs is 1. The number of rotatable bonds is 1. The molecule has 0 spiro atoms. The predicted octanol–water partition coefficient (Wildman–Crippen LogP) is 1.87. The lowest BCUT2D eigenvalue weighted by Crippen LogP contribution is -2.19. The van der Waals surface area contributed by atoms with Crippen LogP contribution in [0.5, 0.6) is 0 Å². The first-order valence-corrected chi connectivity index (χ1v) is 5.78. The van der Waals surface area contributed by atoms with Crippen LogP contribution in [0.15, 0.2) is 41.3 Å². The highest BCUT2D eigenvalue weighted by molar-refractivity contribution is 5.67. The van der Waals surface area contributed by atoms with E-state index in [1.807, 2.05) is 43.3 Å². The zero-order chi connectivity index (χ0) is 13.4. The number of nitrogens with one attached hydrogen (secondary N) is 1. The van der Waals surface area contributed by atoms with E-state index in [1.165, 1.54) is 10.7 Å². The molecule has 0 saturated heterocycles. The fraction of sp³-hybridized carbons (Fsp3) is 0.0714.